The van der Waals surface area contributed by atoms with E-state index < -0.39 is 0 Å². The zero-order chi connectivity index (χ0) is 22.0. The number of alkyl halides is 1. The molecular formula is C29H34ClNO. The quantitative estimate of drug-likeness (QED) is 0.307. The molecule has 0 saturated carbocycles. The molecule has 3 aromatic rings. The minimum Gasteiger partial charge on any atom is -0.492 e. The maximum absolute atomic E-state index is 6.29. The van der Waals surface area contributed by atoms with Crippen molar-refractivity contribution in [2.24, 2.45) is 0 Å². The Hall–Kier alpha value is -2.29. The van der Waals surface area contributed by atoms with Gasteiger partial charge in [0.15, 0.2) is 0 Å². The third kappa shape index (κ3) is 6.15. The van der Waals surface area contributed by atoms with Crippen LogP contribution in [0.1, 0.15) is 54.2 Å². The molecule has 0 amide bonds. The van der Waals surface area contributed by atoms with Crippen LogP contribution >= 0.6 is 11.6 Å². The molecule has 32 heavy (non-hydrogen) atoms. The van der Waals surface area contributed by atoms with E-state index in [9.17, 15) is 0 Å². The molecule has 2 nitrogen and oxygen atoms in total. The van der Waals surface area contributed by atoms with Gasteiger partial charge in [0.2, 0.25) is 0 Å². The molecule has 0 bridgehead atoms. The molecule has 1 aliphatic heterocycles. The SMILES string of the molecule is ClCCC(c1ccccc1)C(c1ccccc1)c1ccc(OCCN2CCCCC2)cc1. The molecule has 0 N–H and O–H groups in total. The lowest BCUT2D eigenvalue weighted by atomic mass is 9.76. The average Bonchev–Trinajstić information content (AvgIpc) is 2.86. The number of hydrogen-bond donors (Lipinski definition) is 0. The van der Waals surface area contributed by atoms with Gasteiger partial charge in [-0.3, -0.25) is 4.90 Å². The van der Waals surface area contributed by atoms with Crippen LogP contribution < -0.4 is 4.74 Å². The summed E-state index contributed by atoms with van der Waals surface area (Å²) >= 11 is 6.29. The van der Waals surface area contributed by atoms with Crippen molar-refractivity contribution < 1.29 is 4.74 Å². The minimum absolute atomic E-state index is 0.250. The third-order valence-corrected chi connectivity index (χ3v) is 6.79. The van der Waals surface area contributed by atoms with Gasteiger partial charge in [-0.05, 0) is 67.1 Å². The maximum atomic E-state index is 6.29. The topological polar surface area (TPSA) is 12.5 Å². The first-order chi connectivity index (χ1) is 15.8. The van der Waals surface area contributed by atoms with Crippen LogP contribution in [0.4, 0.5) is 0 Å². The molecule has 4 rings (SSSR count). The fourth-order valence-electron chi connectivity index (χ4n) is 4.91. The molecule has 0 radical (unpaired) electrons. The predicted molar refractivity (Wildman–Crippen MR) is 135 cm³/mol. The Balaban J connectivity index is 1.52. The van der Waals surface area contributed by atoms with Crippen molar-refractivity contribution in [3.8, 4) is 5.75 Å². The van der Waals surface area contributed by atoms with Crippen LogP contribution in [-0.4, -0.2) is 37.0 Å². The van der Waals surface area contributed by atoms with E-state index in [-0.39, 0.29) is 5.92 Å². The summed E-state index contributed by atoms with van der Waals surface area (Å²) in [6.07, 6.45) is 4.94. The highest BCUT2D eigenvalue weighted by Crippen LogP contribution is 2.41. The molecule has 2 unspecified atom stereocenters. The van der Waals surface area contributed by atoms with E-state index in [2.05, 4.69) is 89.8 Å². The molecule has 3 aromatic carbocycles. The number of piperidine rings is 1. The monoisotopic (exact) mass is 447 g/mol. The van der Waals surface area contributed by atoms with Gasteiger partial charge >= 0.3 is 0 Å². The van der Waals surface area contributed by atoms with Crippen LogP contribution in [0, 0.1) is 0 Å². The lowest BCUT2D eigenvalue weighted by molar-refractivity contribution is 0.183. The Kier molecular flexibility index (Phi) is 8.64. The Labute approximate surface area is 198 Å². The Bertz CT molecular complexity index is 907. The summed E-state index contributed by atoms with van der Waals surface area (Å²) in [6.45, 7) is 4.19. The molecule has 1 saturated heterocycles. The van der Waals surface area contributed by atoms with E-state index >= 15 is 0 Å². The summed E-state index contributed by atoms with van der Waals surface area (Å²) in [4.78, 5) is 2.51. The molecule has 1 aliphatic rings. The smallest absolute Gasteiger partial charge is 0.119 e. The summed E-state index contributed by atoms with van der Waals surface area (Å²) in [6, 6.07) is 30.3. The lowest BCUT2D eigenvalue weighted by Crippen LogP contribution is -2.33. The van der Waals surface area contributed by atoms with Gasteiger partial charge in [0.1, 0.15) is 12.4 Å². The Morgan fingerprint density at radius 3 is 1.94 bits per heavy atom. The second-order valence-electron chi connectivity index (χ2n) is 8.70. The second-order valence-corrected chi connectivity index (χ2v) is 9.08. The van der Waals surface area contributed by atoms with Gasteiger partial charge in [0.25, 0.3) is 0 Å². The molecule has 0 aromatic heterocycles. The molecule has 1 fully saturated rings. The standard InChI is InChI=1S/C29H34ClNO/c30-19-18-28(24-10-4-1-5-11-24)29(25-12-6-2-7-13-25)26-14-16-27(17-15-26)32-23-22-31-20-8-3-9-21-31/h1-2,4-7,10-17,28-29H,3,8-9,18-23H2. The maximum Gasteiger partial charge on any atom is 0.119 e. The lowest BCUT2D eigenvalue weighted by Gasteiger charge is -2.29. The number of benzene rings is 3. The molecule has 3 heteroatoms. The molecule has 168 valence electrons. The van der Waals surface area contributed by atoms with Gasteiger partial charge in [-0.25, -0.2) is 0 Å². The van der Waals surface area contributed by atoms with Crippen LogP contribution in [-0.2, 0) is 0 Å². The van der Waals surface area contributed by atoms with Crippen molar-refractivity contribution in [2.45, 2.75) is 37.5 Å². The van der Waals surface area contributed by atoms with E-state index in [0.717, 1.165) is 25.3 Å². The van der Waals surface area contributed by atoms with E-state index in [1.807, 2.05) is 0 Å². The highest BCUT2D eigenvalue weighted by molar-refractivity contribution is 6.17. The summed E-state index contributed by atoms with van der Waals surface area (Å²) < 4.78 is 6.08. The number of halogens is 1. The van der Waals surface area contributed by atoms with Gasteiger partial charge in [0, 0.05) is 18.3 Å². The van der Waals surface area contributed by atoms with Crippen molar-refractivity contribution in [3.05, 3.63) is 102 Å². The zero-order valence-corrected chi connectivity index (χ0v) is 19.6. The van der Waals surface area contributed by atoms with Crippen LogP contribution in [0.25, 0.3) is 0 Å². The summed E-state index contributed by atoms with van der Waals surface area (Å²) in [5.74, 6) is 2.16. The third-order valence-electron chi connectivity index (χ3n) is 6.57. The van der Waals surface area contributed by atoms with E-state index in [4.69, 9.17) is 16.3 Å². The first-order valence-electron chi connectivity index (χ1n) is 12.0. The molecule has 0 aliphatic carbocycles. The molecule has 0 spiro atoms. The first kappa shape index (κ1) is 22.9. The highest BCUT2D eigenvalue weighted by Gasteiger charge is 2.26. The number of nitrogens with zero attached hydrogens (tertiary/aromatic N) is 1. The van der Waals surface area contributed by atoms with Crippen LogP contribution in [0.2, 0.25) is 0 Å². The summed E-state index contributed by atoms with van der Waals surface area (Å²) in [5.41, 5.74) is 3.97. The van der Waals surface area contributed by atoms with Crippen molar-refractivity contribution in [1.29, 1.82) is 0 Å². The predicted octanol–water partition coefficient (Wildman–Crippen LogP) is 7.10. The van der Waals surface area contributed by atoms with Crippen molar-refractivity contribution in [1.82, 2.24) is 4.90 Å². The Morgan fingerprint density at radius 2 is 1.31 bits per heavy atom. The normalized spacial score (nSPS) is 16.4. The van der Waals surface area contributed by atoms with Gasteiger partial charge in [-0.2, -0.15) is 0 Å². The fraction of sp³-hybridized carbons (Fsp3) is 0.379. The van der Waals surface area contributed by atoms with Crippen molar-refractivity contribution in [2.75, 3.05) is 32.1 Å². The van der Waals surface area contributed by atoms with Crippen LogP contribution in [0.5, 0.6) is 5.75 Å². The average molecular weight is 448 g/mol. The zero-order valence-electron chi connectivity index (χ0n) is 18.8. The number of hydrogen-bond acceptors (Lipinski definition) is 2. The van der Waals surface area contributed by atoms with Crippen molar-refractivity contribution >= 4 is 11.6 Å². The van der Waals surface area contributed by atoms with E-state index in [1.165, 1.54) is 49.0 Å². The number of ether oxygens (including phenoxy) is 1. The second kappa shape index (κ2) is 12.1. The van der Waals surface area contributed by atoms with Crippen LogP contribution in [0.15, 0.2) is 84.9 Å². The van der Waals surface area contributed by atoms with Crippen molar-refractivity contribution in [3.63, 3.8) is 0 Å². The van der Waals surface area contributed by atoms with Gasteiger partial charge in [0.05, 0.1) is 0 Å². The first-order valence-corrected chi connectivity index (χ1v) is 12.5. The largest absolute Gasteiger partial charge is 0.492 e. The van der Waals surface area contributed by atoms with E-state index in [1.54, 1.807) is 0 Å². The molecular weight excluding hydrogens is 414 g/mol. The summed E-state index contributed by atoms with van der Waals surface area (Å²) in [7, 11) is 0. The fourth-order valence-corrected chi connectivity index (χ4v) is 5.14. The van der Waals surface area contributed by atoms with E-state index in [0.29, 0.717) is 11.8 Å². The minimum atomic E-state index is 0.250. The van der Waals surface area contributed by atoms with Crippen LogP contribution in [0.3, 0.4) is 0 Å². The molecule has 1 heterocycles. The van der Waals surface area contributed by atoms with Gasteiger partial charge in [-0.1, -0.05) is 79.2 Å². The van der Waals surface area contributed by atoms with Gasteiger partial charge < -0.3 is 4.74 Å². The molecule has 2 atom stereocenters. The summed E-state index contributed by atoms with van der Waals surface area (Å²) in [5, 5.41) is 0. The highest BCUT2D eigenvalue weighted by atomic mass is 35.5. The van der Waals surface area contributed by atoms with Gasteiger partial charge in [-0.15, -0.1) is 11.6 Å². The number of likely N-dealkylation sites (tertiary alicyclic amines) is 1. The number of rotatable bonds is 10. The Morgan fingerprint density at radius 1 is 0.719 bits per heavy atom.